The first-order valence-electron chi connectivity index (χ1n) is 9.02. The van der Waals surface area contributed by atoms with Gasteiger partial charge in [-0.2, -0.15) is 0 Å². The van der Waals surface area contributed by atoms with E-state index in [0.717, 1.165) is 0 Å². The van der Waals surface area contributed by atoms with Crippen molar-refractivity contribution in [2.75, 3.05) is 4.90 Å². The Hall–Kier alpha value is -2.97. The van der Waals surface area contributed by atoms with Crippen molar-refractivity contribution in [3.05, 3.63) is 99.7 Å². The van der Waals surface area contributed by atoms with Crippen LogP contribution in [0.5, 0.6) is 0 Å². The number of hydrogen-bond acceptors (Lipinski definition) is 4. The molecule has 6 nitrogen and oxygen atoms in total. The average molecular weight is 472 g/mol. The Morgan fingerprint density at radius 1 is 0.903 bits per heavy atom. The molecule has 1 aliphatic heterocycles. The standard InChI is InChI=1S/C22H15Cl2N3O3S/c23-16-7-5-14(6-8-16)21-26-20(13-15-3-1-2-4-19(15)24)22(28)27(21)17-9-11-18(12-10-17)31(25,29)30/h1-13H,(H2,25,29,30)/b20-13+. The number of nitrogens with zero attached hydrogens (tertiary/aromatic N) is 2. The molecular weight excluding hydrogens is 457 g/mol. The molecule has 3 aromatic rings. The third-order valence-electron chi connectivity index (χ3n) is 4.58. The predicted octanol–water partition coefficient (Wildman–Crippen LogP) is 4.48. The van der Waals surface area contributed by atoms with Crippen LogP contribution in [0, 0.1) is 0 Å². The fraction of sp³-hybridized carbons (Fsp3) is 0. The van der Waals surface area contributed by atoms with E-state index in [0.29, 0.717) is 32.7 Å². The highest BCUT2D eigenvalue weighted by atomic mass is 35.5. The van der Waals surface area contributed by atoms with Gasteiger partial charge < -0.3 is 0 Å². The second-order valence-corrected chi connectivity index (χ2v) is 9.08. The highest BCUT2D eigenvalue weighted by molar-refractivity contribution is 7.89. The number of anilines is 1. The van der Waals surface area contributed by atoms with Crippen LogP contribution in [-0.2, 0) is 14.8 Å². The molecule has 156 valence electrons. The molecule has 0 radical (unpaired) electrons. The fourth-order valence-electron chi connectivity index (χ4n) is 3.07. The first-order chi connectivity index (χ1) is 14.7. The third-order valence-corrected chi connectivity index (χ3v) is 6.11. The lowest BCUT2D eigenvalue weighted by Gasteiger charge is -2.19. The van der Waals surface area contributed by atoms with Crippen LogP contribution in [-0.4, -0.2) is 20.2 Å². The Labute approximate surface area is 189 Å². The summed E-state index contributed by atoms with van der Waals surface area (Å²) in [5.74, 6) is -0.00319. The monoisotopic (exact) mass is 471 g/mol. The minimum atomic E-state index is -3.86. The molecule has 0 spiro atoms. The Bertz CT molecular complexity index is 1330. The molecule has 2 N–H and O–H groups in total. The average Bonchev–Trinajstić information content (AvgIpc) is 3.06. The predicted molar refractivity (Wildman–Crippen MR) is 123 cm³/mol. The van der Waals surface area contributed by atoms with Crippen molar-refractivity contribution in [1.82, 2.24) is 0 Å². The number of hydrogen-bond donors (Lipinski definition) is 1. The van der Waals surface area contributed by atoms with Crippen LogP contribution in [0.15, 0.2) is 88.4 Å². The van der Waals surface area contributed by atoms with E-state index >= 15 is 0 Å². The summed E-state index contributed by atoms with van der Waals surface area (Å²) in [6, 6.07) is 19.7. The van der Waals surface area contributed by atoms with E-state index < -0.39 is 10.0 Å². The number of halogens is 2. The number of amides is 1. The van der Waals surface area contributed by atoms with Crippen molar-refractivity contribution in [3.63, 3.8) is 0 Å². The first kappa shape index (κ1) is 21.3. The summed E-state index contributed by atoms with van der Waals surface area (Å²) in [4.78, 5) is 19.2. The zero-order valence-electron chi connectivity index (χ0n) is 15.9. The van der Waals surface area contributed by atoms with Gasteiger partial charge in [-0.05, 0) is 66.2 Å². The molecule has 1 aliphatic rings. The van der Waals surface area contributed by atoms with Gasteiger partial charge in [0.2, 0.25) is 10.0 Å². The maximum Gasteiger partial charge on any atom is 0.282 e. The number of carbonyl (C=O) groups is 1. The van der Waals surface area contributed by atoms with Crippen molar-refractivity contribution in [3.8, 4) is 0 Å². The number of sulfonamides is 1. The zero-order chi connectivity index (χ0) is 22.2. The number of carbonyl (C=O) groups excluding carboxylic acids is 1. The van der Waals surface area contributed by atoms with Crippen LogP contribution in [0.1, 0.15) is 11.1 Å². The molecule has 4 rings (SSSR count). The minimum absolute atomic E-state index is 0.0558. The Kier molecular flexibility index (Phi) is 5.68. The number of aliphatic imine (C=N–C) groups is 1. The number of primary sulfonamides is 1. The van der Waals surface area contributed by atoms with Gasteiger partial charge in [0.05, 0.1) is 10.6 Å². The van der Waals surface area contributed by atoms with Gasteiger partial charge in [0.15, 0.2) is 0 Å². The Balaban J connectivity index is 1.83. The van der Waals surface area contributed by atoms with Crippen molar-refractivity contribution in [2.45, 2.75) is 4.90 Å². The lowest BCUT2D eigenvalue weighted by atomic mass is 10.1. The summed E-state index contributed by atoms with van der Waals surface area (Å²) >= 11 is 12.2. The van der Waals surface area contributed by atoms with Crippen LogP contribution in [0.4, 0.5) is 5.69 Å². The van der Waals surface area contributed by atoms with Gasteiger partial charge in [-0.25, -0.2) is 18.5 Å². The highest BCUT2D eigenvalue weighted by Gasteiger charge is 2.32. The molecule has 9 heteroatoms. The molecular formula is C22H15Cl2N3O3S. The van der Waals surface area contributed by atoms with Crippen molar-refractivity contribution < 1.29 is 13.2 Å². The van der Waals surface area contributed by atoms with E-state index in [1.165, 1.54) is 29.2 Å². The quantitative estimate of drug-likeness (QED) is 0.568. The van der Waals surface area contributed by atoms with Gasteiger partial charge in [0.25, 0.3) is 5.91 Å². The molecule has 0 saturated heterocycles. The molecule has 0 atom stereocenters. The van der Waals surface area contributed by atoms with Gasteiger partial charge in [-0.3, -0.25) is 9.69 Å². The van der Waals surface area contributed by atoms with E-state index in [4.69, 9.17) is 28.3 Å². The summed E-state index contributed by atoms with van der Waals surface area (Å²) in [5.41, 5.74) is 1.94. The Morgan fingerprint density at radius 3 is 2.16 bits per heavy atom. The zero-order valence-corrected chi connectivity index (χ0v) is 18.2. The fourth-order valence-corrected chi connectivity index (χ4v) is 3.90. The molecule has 0 bridgehead atoms. The molecule has 0 aliphatic carbocycles. The number of rotatable bonds is 4. The molecule has 0 aromatic heterocycles. The van der Waals surface area contributed by atoms with E-state index in [1.54, 1.807) is 48.5 Å². The summed E-state index contributed by atoms with van der Waals surface area (Å²) in [5, 5.41) is 6.21. The lowest BCUT2D eigenvalue weighted by molar-refractivity contribution is -0.113. The van der Waals surface area contributed by atoms with Crippen LogP contribution in [0.2, 0.25) is 10.0 Å². The molecule has 3 aromatic carbocycles. The normalized spacial score (nSPS) is 15.5. The smallest absolute Gasteiger partial charge is 0.266 e. The minimum Gasteiger partial charge on any atom is -0.266 e. The Morgan fingerprint density at radius 2 is 1.55 bits per heavy atom. The highest BCUT2D eigenvalue weighted by Crippen LogP contribution is 2.30. The van der Waals surface area contributed by atoms with E-state index in [9.17, 15) is 13.2 Å². The second-order valence-electron chi connectivity index (χ2n) is 6.67. The summed E-state index contributed by atoms with van der Waals surface area (Å²) < 4.78 is 23.1. The van der Waals surface area contributed by atoms with E-state index in [-0.39, 0.29) is 16.5 Å². The summed E-state index contributed by atoms with van der Waals surface area (Å²) in [6.45, 7) is 0. The van der Waals surface area contributed by atoms with Crippen LogP contribution >= 0.6 is 23.2 Å². The molecule has 1 heterocycles. The van der Waals surface area contributed by atoms with Gasteiger partial charge in [0, 0.05) is 15.6 Å². The number of nitrogens with two attached hydrogens (primary N) is 1. The van der Waals surface area contributed by atoms with Crippen LogP contribution in [0.25, 0.3) is 6.08 Å². The largest absolute Gasteiger partial charge is 0.282 e. The van der Waals surface area contributed by atoms with Gasteiger partial charge in [-0.15, -0.1) is 0 Å². The molecule has 1 amide bonds. The first-order valence-corrected chi connectivity index (χ1v) is 11.3. The van der Waals surface area contributed by atoms with Crippen LogP contribution in [0.3, 0.4) is 0 Å². The maximum atomic E-state index is 13.3. The second kappa shape index (κ2) is 8.28. The molecule has 0 saturated carbocycles. The van der Waals surface area contributed by atoms with Crippen molar-refractivity contribution in [2.24, 2.45) is 10.1 Å². The molecule has 31 heavy (non-hydrogen) atoms. The number of amidine groups is 1. The van der Waals surface area contributed by atoms with Gasteiger partial charge >= 0.3 is 0 Å². The molecule has 0 fully saturated rings. The summed E-state index contributed by atoms with van der Waals surface area (Å²) in [6.07, 6.45) is 1.61. The van der Waals surface area contributed by atoms with Crippen LogP contribution < -0.4 is 10.0 Å². The SMILES string of the molecule is NS(=O)(=O)c1ccc(N2C(=O)/C(=C\c3ccccc3Cl)N=C2c2ccc(Cl)cc2)cc1. The van der Waals surface area contributed by atoms with E-state index in [2.05, 4.69) is 4.99 Å². The summed E-state index contributed by atoms with van der Waals surface area (Å²) in [7, 11) is -3.86. The van der Waals surface area contributed by atoms with Gasteiger partial charge in [0.1, 0.15) is 11.5 Å². The third kappa shape index (κ3) is 4.40. The van der Waals surface area contributed by atoms with Crippen molar-refractivity contribution in [1.29, 1.82) is 0 Å². The topological polar surface area (TPSA) is 92.8 Å². The molecule has 0 unspecified atom stereocenters. The number of benzene rings is 3. The van der Waals surface area contributed by atoms with Crippen molar-refractivity contribution >= 4 is 56.7 Å². The lowest BCUT2D eigenvalue weighted by Crippen LogP contribution is -2.32. The van der Waals surface area contributed by atoms with Gasteiger partial charge in [-0.1, -0.05) is 41.4 Å². The van der Waals surface area contributed by atoms with E-state index in [1.807, 2.05) is 6.07 Å². The maximum absolute atomic E-state index is 13.3.